The molecular formula is C15H25NO6. The molecule has 0 saturated heterocycles. The van der Waals surface area contributed by atoms with Crippen LogP contribution < -0.4 is 5.32 Å². The molecule has 0 radical (unpaired) electrons. The minimum Gasteiger partial charge on any atom is -0.458 e. The molecule has 0 aromatic heterocycles. The van der Waals surface area contributed by atoms with Gasteiger partial charge >= 0.3 is 12.1 Å². The van der Waals surface area contributed by atoms with Crippen molar-refractivity contribution in [1.82, 2.24) is 5.32 Å². The highest BCUT2D eigenvalue weighted by molar-refractivity contribution is 5.86. The summed E-state index contributed by atoms with van der Waals surface area (Å²) in [5.74, 6) is -0.564. The number of nitrogens with one attached hydrogen (secondary N) is 1. The van der Waals surface area contributed by atoms with Crippen molar-refractivity contribution in [2.45, 2.75) is 33.3 Å². The van der Waals surface area contributed by atoms with E-state index in [2.05, 4.69) is 18.5 Å². The van der Waals surface area contributed by atoms with Gasteiger partial charge in [-0.3, -0.25) is 0 Å². The van der Waals surface area contributed by atoms with Crippen LogP contribution in [0.3, 0.4) is 0 Å². The number of esters is 1. The van der Waals surface area contributed by atoms with Crippen LogP contribution in [0, 0.1) is 0 Å². The van der Waals surface area contributed by atoms with Crippen molar-refractivity contribution in [2.75, 3.05) is 26.4 Å². The van der Waals surface area contributed by atoms with Crippen molar-refractivity contribution in [3.63, 3.8) is 0 Å². The maximum Gasteiger partial charge on any atom is 0.407 e. The van der Waals surface area contributed by atoms with Crippen molar-refractivity contribution in [1.29, 1.82) is 0 Å². The zero-order chi connectivity index (χ0) is 17.0. The molecule has 0 bridgehead atoms. The molecule has 126 valence electrons. The summed E-state index contributed by atoms with van der Waals surface area (Å²) in [5.41, 5.74) is 1.04. The van der Waals surface area contributed by atoms with E-state index in [9.17, 15) is 9.59 Å². The van der Waals surface area contributed by atoms with Gasteiger partial charge in [-0.05, 0) is 20.3 Å². The lowest BCUT2D eigenvalue weighted by atomic mass is 10.3. The molecule has 1 N–H and O–H groups in total. The van der Waals surface area contributed by atoms with Crippen LogP contribution in [-0.2, 0) is 24.0 Å². The maximum atomic E-state index is 11.5. The number of carbonyl (C=O) groups excluding carboxylic acids is 2. The van der Waals surface area contributed by atoms with Gasteiger partial charge in [-0.15, -0.1) is 0 Å². The van der Waals surface area contributed by atoms with E-state index in [4.69, 9.17) is 19.2 Å². The summed E-state index contributed by atoms with van der Waals surface area (Å²) in [4.78, 5) is 32.7. The molecule has 0 aromatic carbocycles. The van der Waals surface area contributed by atoms with Crippen LogP contribution in [0.1, 0.15) is 27.2 Å². The Bertz CT molecular complexity index is 393. The third kappa shape index (κ3) is 10.9. The maximum absolute atomic E-state index is 11.5. The second-order valence-electron chi connectivity index (χ2n) is 4.84. The number of amides is 1. The van der Waals surface area contributed by atoms with Crippen LogP contribution in [0.25, 0.3) is 0 Å². The summed E-state index contributed by atoms with van der Waals surface area (Å²) in [6, 6.07) is 0. The summed E-state index contributed by atoms with van der Waals surface area (Å²) < 4.78 is 10.1. The van der Waals surface area contributed by atoms with E-state index < -0.39 is 18.2 Å². The first-order valence-corrected chi connectivity index (χ1v) is 7.02. The average molecular weight is 315 g/mol. The summed E-state index contributed by atoms with van der Waals surface area (Å²) in [7, 11) is 0. The van der Waals surface area contributed by atoms with Gasteiger partial charge in [-0.2, -0.15) is 0 Å². The predicted octanol–water partition coefficient (Wildman–Crippen LogP) is 2.13. The van der Waals surface area contributed by atoms with Crippen LogP contribution in [0.15, 0.2) is 24.3 Å². The number of alkyl carbamates (subject to hydrolysis) is 1. The Morgan fingerprint density at radius 1 is 1.14 bits per heavy atom. The normalized spacial score (nSPS) is 11.4. The van der Waals surface area contributed by atoms with Crippen LogP contribution in [-0.4, -0.2) is 44.5 Å². The van der Waals surface area contributed by atoms with Gasteiger partial charge in [0.1, 0.15) is 19.8 Å². The number of hydrogen-bond acceptors (Lipinski definition) is 6. The molecule has 0 aliphatic heterocycles. The molecule has 0 saturated carbocycles. The molecule has 0 aliphatic rings. The second-order valence-corrected chi connectivity index (χ2v) is 4.84. The lowest BCUT2D eigenvalue weighted by Gasteiger charge is -2.18. The number of ether oxygens (including phenoxy) is 2. The lowest BCUT2D eigenvalue weighted by Crippen LogP contribution is -2.35. The first-order chi connectivity index (χ1) is 10.4. The Kier molecular flexibility index (Phi) is 10.8. The zero-order valence-electron chi connectivity index (χ0n) is 13.5. The van der Waals surface area contributed by atoms with Gasteiger partial charge in [-0.25, -0.2) is 19.4 Å². The predicted molar refractivity (Wildman–Crippen MR) is 81.1 cm³/mol. The minimum absolute atomic E-state index is 0.0731. The lowest BCUT2D eigenvalue weighted by molar-refractivity contribution is -0.299. The van der Waals surface area contributed by atoms with Crippen molar-refractivity contribution < 1.29 is 28.8 Å². The van der Waals surface area contributed by atoms with E-state index in [0.29, 0.717) is 6.54 Å². The number of rotatable bonds is 11. The number of carbonyl (C=O) groups is 2. The Morgan fingerprint density at radius 2 is 1.82 bits per heavy atom. The van der Waals surface area contributed by atoms with E-state index >= 15 is 0 Å². The Hall–Kier alpha value is -1.86. The highest BCUT2D eigenvalue weighted by atomic mass is 17.2. The molecule has 0 spiro atoms. The van der Waals surface area contributed by atoms with Gasteiger partial charge in [0.2, 0.25) is 0 Å². The van der Waals surface area contributed by atoms with Crippen LogP contribution in [0.2, 0.25) is 0 Å². The quantitative estimate of drug-likeness (QED) is 0.157. The largest absolute Gasteiger partial charge is 0.458 e. The van der Waals surface area contributed by atoms with E-state index in [1.807, 2.05) is 6.92 Å². The zero-order valence-corrected chi connectivity index (χ0v) is 13.5. The smallest absolute Gasteiger partial charge is 0.407 e. The molecule has 0 aromatic rings. The molecule has 7 nitrogen and oxygen atoms in total. The van der Waals surface area contributed by atoms with Crippen LogP contribution >= 0.6 is 0 Å². The third-order valence-electron chi connectivity index (χ3n) is 2.18. The summed E-state index contributed by atoms with van der Waals surface area (Å²) in [5, 5.41) is 2.55. The molecule has 1 atom stereocenters. The Labute approximate surface area is 131 Å². The molecule has 7 heteroatoms. The van der Waals surface area contributed by atoms with Gasteiger partial charge in [0.25, 0.3) is 0 Å². The minimum atomic E-state index is -0.787. The fourth-order valence-electron chi connectivity index (χ4n) is 1.09. The fraction of sp³-hybridized carbons (Fsp3) is 0.600. The van der Waals surface area contributed by atoms with Gasteiger partial charge in [0.15, 0.2) is 6.10 Å². The second kappa shape index (κ2) is 11.8. The van der Waals surface area contributed by atoms with E-state index in [0.717, 1.165) is 12.0 Å². The molecule has 1 amide bonds. The topological polar surface area (TPSA) is 83.1 Å². The van der Waals surface area contributed by atoms with Crippen LogP contribution in [0.4, 0.5) is 4.79 Å². The van der Waals surface area contributed by atoms with E-state index in [-0.39, 0.29) is 25.4 Å². The molecule has 0 rings (SSSR count). The van der Waals surface area contributed by atoms with E-state index in [1.54, 1.807) is 6.92 Å². The van der Waals surface area contributed by atoms with Crippen molar-refractivity contribution in [2.24, 2.45) is 0 Å². The molecule has 0 heterocycles. The van der Waals surface area contributed by atoms with E-state index in [1.165, 1.54) is 6.92 Å². The SMILES string of the molecule is C=C(C)COOCC(COC(=O)C(=C)C)OC(=O)NCCC. The summed E-state index contributed by atoms with van der Waals surface area (Å²) in [6.07, 6.45) is -0.616. The highest BCUT2D eigenvalue weighted by Crippen LogP contribution is 2.01. The third-order valence-corrected chi connectivity index (χ3v) is 2.18. The van der Waals surface area contributed by atoms with Crippen molar-refractivity contribution >= 4 is 12.1 Å². The fourth-order valence-corrected chi connectivity index (χ4v) is 1.09. The van der Waals surface area contributed by atoms with Gasteiger partial charge in [-0.1, -0.05) is 25.7 Å². The molecule has 0 fully saturated rings. The Morgan fingerprint density at radius 3 is 2.36 bits per heavy atom. The summed E-state index contributed by atoms with van der Waals surface area (Å²) in [6.45, 7) is 12.8. The van der Waals surface area contributed by atoms with Crippen LogP contribution in [0.5, 0.6) is 0 Å². The summed E-state index contributed by atoms with van der Waals surface area (Å²) >= 11 is 0. The Balaban J connectivity index is 4.29. The highest BCUT2D eigenvalue weighted by Gasteiger charge is 2.18. The molecule has 22 heavy (non-hydrogen) atoms. The first kappa shape index (κ1) is 20.1. The standard InChI is InChI=1S/C15H25NO6/c1-6-7-16-15(18)22-13(9-19-14(17)12(4)5)10-21-20-8-11(2)3/h13H,2,4,6-10H2,1,3,5H3,(H,16,18). The molecule has 0 aliphatic carbocycles. The molecule has 1 unspecified atom stereocenters. The van der Waals surface area contributed by atoms with Gasteiger partial charge < -0.3 is 14.8 Å². The monoisotopic (exact) mass is 315 g/mol. The van der Waals surface area contributed by atoms with Gasteiger partial charge in [0.05, 0.1) is 0 Å². The molecular weight excluding hydrogens is 290 g/mol. The average Bonchev–Trinajstić information content (AvgIpc) is 2.45. The number of hydrogen-bond donors (Lipinski definition) is 1. The van der Waals surface area contributed by atoms with Gasteiger partial charge in [0, 0.05) is 12.1 Å². The van der Waals surface area contributed by atoms with Crippen molar-refractivity contribution in [3.05, 3.63) is 24.3 Å². The van der Waals surface area contributed by atoms with Crippen molar-refractivity contribution in [3.8, 4) is 0 Å². The first-order valence-electron chi connectivity index (χ1n) is 7.02.